The van der Waals surface area contributed by atoms with Gasteiger partial charge < -0.3 is 5.32 Å². The fourth-order valence-corrected chi connectivity index (χ4v) is 3.58. The van der Waals surface area contributed by atoms with Crippen molar-refractivity contribution < 1.29 is 0 Å². The molecule has 0 unspecified atom stereocenters. The minimum atomic E-state index is 0.302. The van der Waals surface area contributed by atoms with Gasteiger partial charge in [-0.05, 0) is 70.1 Å². The standard InChI is InChI=1S/C28H47N.C5H8/c1-9-13-14-23-29-27(8)16-15-26(7)19-22-28(12-4,20-17-24(5)10-2)21-18-25(6)11-3;1-4-5(2)3/h10-11,29H,2-3,5-9,12-23H2,1,4H3;4H,1-2H2,3H3. The Hall–Kier alpha value is -2.28. The molecule has 1 N–H and O–H groups in total. The number of rotatable bonds is 21. The first kappa shape index (κ1) is 33.9. The lowest BCUT2D eigenvalue weighted by Gasteiger charge is -2.34. The third-order valence-electron chi connectivity index (χ3n) is 6.57. The smallest absolute Gasteiger partial charge is 0.0143 e. The number of unbranched alkanes of at least 4 members (excludes halogenated alkanes) is 2. The molecule has 0 spiro atoms. The van der Waals surface area contributed by atoms with Gasteiger partial charge in [-0.2, -0.15) is 0 Å². The molecule has 192 valence electrons. The molecule has 0 aliphatic carbocycles. The Morgan fingerprint density at radius 2 is 1.21 bits per heavy atom. The second-order valence-corrected chi connectivity index (χ2v) is 9.62. The minimum Gasteiger partial charge on any atom is -0.389 e. The molecular weight excluding hydrogens is 410 g/mol. The highest BCUT2D eigenvalue weighted by Crippen LogP contribution is 2.41. The maximum absolute atomic E-state index is 4.36. The second kappa shape index (κ2) is 21.3. The average molecular weight is 466 g/mol. The highest BCUT2D eigenvalue weighted by Gasteiger charge is 2.27. The van der Waals surface area contributed by atoms with Crippen molar-refractivity contribution in [3.63, 3.8) is 0 Å². The summed E-state index contributed by atoms with van der Waals surface area (Å²) in [6.07, 6.45) is 19.0. The van der Waals surface area contributed by atoms with Crippen molar-refractivity contribution in [3.8, 4) is 0 Å². The van der Waals surface area contributed by atoms with Gasteiger partial charge in [0.2, 0.25) is 0 Å². The van der Waals surface area contributed by atoms with Crippen molar-refractivity contribution in [2.24, 2.45) is 5.41 Å². The summed E-state index contributed by atoms with van der Waals surface area (Å²) in [6, 6.07) is 0. The molecule has 0 aromatic rings. The van der Waals surface area contributed by atoms with Gasteiger partial charge in [0, 0.05) is 12.2 Å². The first-order valence-electron chi connectivity index (χ1n) is 13.1. The van der Waals surface area contributed by atoms with E-state index in [1.54, 1.807) is 6.08 Å². The summed E-state index contributed by atoms with van der Waals surface area (Å²) in [7, 11) is 0. The largest absolute Gasteiger partial charge is 0.389 e. The molecule has 0 amide bonds. The third-order valence-corrected chi connectivity index (χ3v) is 6.57. The van der Waals surface area contributed by atoms with E-state index in [0.29, 0.717) is 5.41 Å². The summed E-state index contributed by atoms with van der Waals surface area (Å²) < 4.78 is 0. The Balaban J connectivity index is 0. The van der Waals surface area contributed by atoms with E-state index in [4.69, 9.17) is 0 Å². The quantitative estimate of drug-likeness (QED) is 0.101. The minimum absolute atomic E-state index is 0.302. The van der Waals surface area contributed by atoms with E-state index >= 15 is 0 Å². The first-order valence-corrected chi connectivity index (χ1v) is 13.1. The van der Waals surface area contributed by atoms with E-state index in [9.17, 15) is 0 Å². The molecule has 0 atom stereocenters. The Kier molecular flexibility index (Phi) is 21.2. The Bertz CT molecular complexity index is 649. The highest BCUT2D eigenvalue weighted by atomic mass is 14.9. The van der Waals surface area contributed by atoms with Gasteiger partial charge >= 0.3 is 0 Å². The molecule has 0 bridgehead atoms. The Morgan fingerprint density at radius 1 is 0.706 bits per heavy atom. The fraction of sp³-hybridized carbons (Fsp3) is 0.515. The van der Waals surface area contributed by atoms with Crippen molar-refractivity contribution in [2.45, 2.75) is 97.8 Å². The van der Waals surface area contributed by atoms with Gasteiger partial charge in [0.15, 0.2) is 0 Å². The first-order chi connectivity index (χ1) is 16.1. The molecule has 0 rings (SSSR count). The van der Waals surface area contributed by atoms with Gasteiger partial charge in [0.05, 0.1) is 0 Å². The van der Waals surface area contributed by atoms with E-state index in [-0.39, 0.29) is 0 Å². The maximum atomic E-state index is 4.36. The van der Waals surface area contributed by atoms with Crippen molar-refractivity contribution in [3.05, 3.63) is 98.8 Å². The normalized spacial score (nSPS) is 10.3. The highest BCUT2D eigenvalue weighted by molar-refractivity contribution is 5.13. The fourth-order valence-electron chi connectivity index (χ4n) is 3.58. The van der Waals surface area contributed by atoms with Gasteiger partial charge in [0.25, 0.3) is 0 Å². The van der Waals surface area contributed by atoms with E-state index in [1.807, 2.05) is 19.1 Å². The lowest BCUT2D eigenvalue weighted by Crippen LogP contribution is -2.21. The zero-order valence-electron chi connectivity index (χ0n) is 23.1. The SMILES string of the molecule is C=CC(=C)C.C=CC(=C)CCC(CC)(CCC(=C)C=C)CCC(=C)CCC(=C)NCCCCC. The average Bonchev–Trinajstić information content (AvgIpc) is 2.84. The van der Waals surface area contributed by atoms with E-state index < -0.39 is 0 Å². The summed E-state index contributed by atoms with van der Waals surface area (Å²) >= 11 is 0. The predicted molar refractivity (Wildman–Crippen MR) is 159 cm³/mol. The molecule has 0 radical (unpaired) electrons. The third kappa shape index (κ3) is 19.2. The number of allylic oxidation sites excluding steroid dienone is 8. The molecule has 0 heterocycles. The van der Waals surface area contributed by atoms with Gasteiger partial charge in [-0.25, -0.2) is 0 Å². The van der Waals surface area contributed by atoms with Crippen molar-refractivity contribution in [1.82, 2.24) is 5.32 Å². The van der Waals surface area contributed by atoms with E-state index in [2.05, 4.69) is 71.8 Å². The van der Waals surface area contributed by atoms with Crippen molar-refractivity contribution >= 4 is 0 Å². The van der Waals surface area contributed by atoms with Crippen LogP contribution in [0.5, 0.6) is 0 Å². The summed E-state index contributed by atoms with van der Waals surface area (Å²) in [6.45, 7) is 39.0. The molecular formula is C33H55N. The van der Waals surface area contributed by atoms with Crippen LogP contribution in [-0.4, -0.2) is 6.54 Å². The lowest BCUT2D eigenvalue weighted by atomic mass is 9.71. The van der Waals surface area contributed by atoms with Crippen molar-refractivity contribution in [2.75, 3.05) is 6.54 Å². The van der Waals surface area contributed by atoms with E-state index in [0.717, 1.165) is 73.9 Å². The lowest BCUT2D eigenvalue weighted by molar-refractivity contribution is 0.209. The van der Waals surface area contributed by atoms with Crippen molar-refractivity contribution in [1.29, 1.82) is 0 Å². The van der Waals surface area contributed by atoms with Crippen LogP contribution in [0.4, 0.5) is 0 Å². The molecule has 0 aliphatic heterocycles. The predicted octanol–water partition coefficient (Wildman–Crippen LogP) is 10.6. The molecule has 1 heteroatoms. The molecule has 34 heavy (non-hydrogen) atoms. The molecule has 0 aromatic carbocycles. The van der Waals surface area contributed by atoms with Crippen LogP contribution in [0.15, 0.2) is 98.8 Å². The van der Waals surface area contributed by atoms with E-state index in [1.165, 1.54) is 37.7 Å². The summed E-state index contributed by atoms with van der Waals surface area (Å²) in [5.74, 6) is 0. The van der Waals surface area contributed by atoms with Crippen LogP contribution in [0.1, 0.15) is 97.8 Å². The van der Waals surface area contributed by atoms with Crippen LogP contribution in [0.25, 0.3) is 0 Å². The van der Waals surface area contributed by atoms with Crippen LogP contribution < -0.4 is 5.32 Å². The molecule has 1 nitrogen and oxygen atoms in total. The number of hydrogen-bond donors (Lipinski definition) is 1. The Labute approximate surface area is 213 Å². The summed E-state index contributed by atoms with van der Waals surface area (Å²) in [5, 5.41) is 3.46. The molecule has 0 fully saturated rings. The second-order valence-electron chi connectivity index (χ2n) is 9.62. The van der Waals surface area contributed by atoms with Gasteiger partial charge in [-0.1, -0.05) is 126 Å². The number of nitrogens with one attached hydrogen (secondary N) is 1. The topological polar surface area (TPSA) is 12.0 Å². The zero-order valence-corrected chi connectivity index (χ0v) is 23.1. The molecule has 0 aromatic heterocycles. The van der Waals surface area contributed by atoms with Gasteiger partial charge in [-0.3, -0.25) is 0 Å². The summed E-state index contributed by atoms with van der Waals surface area (Å²) in [4.78, 5) is 0. The molecule has 0 saturated carbocycles. The van der Waals surface area contributed by atoms with Crippen LogP contribution in [0.3, 0.4) is 0 Å². The van der Waals surface area contributed by atoms with Crippen LogP contribution in [-0.2, 0) is 0 Å². The molecule has 0 aliphatic rings. The Morgan fingerprint density at radius 3 is 1.62 bits per heavy atom. The van der Waals surface area contributed by atoms with Crippen LogP contribution >= 0.6 is 0 Å². The molecule has 0 saturated heterocycles. The van der Waals surface area contributed by atoms with Crippen LogP contribution in [0, 0.1) is 5.41 Å². The maximum Gasteiger partial charge on any atom is 0.0143 e. The van der Waals surface area contributed by atoms with Crippen LogP contribution in [0.2, 0.25) is 0 Å². The monoisotopic (exact) mass is 465 g/mol. The summed E-state index contributed by atoms with van der Waals surface area (Å²) in [5.41, 5.74) is 6.07. The number of hydrogen-bond acceptors (Lipinski definition) is 1. The van der Waals surface area contributed by atoms with Gasteiger partial charge in [0.1, 0.15) is 0 Å². The zero-order chi connectivity index (χ0) is 26.4. The van der Waals surface area contributed by atoms with Gasteiger partial charge in [-0.15, -0.1) is 0 Å².